The third kappa shape index (κ3) is 6.48. The number of aromatic nitrogens is 2. The zero-order chi connectivity index (χ0) is 28.6. The van der Waals surface area contributed by atoms with Gasteiger partial charge in [0, 0.05) is 0 Å². The van der Waals surface area contributed by atoms with E-state index in [0.717, 1.165) is 31.4 Å². The van der Waals surface area contributed by atoms with Gasteiger partial charge in [0.15, 0.2) is 0 Å². The van der Waals surface area contributed by atoms with Crippen LogP contribution in [-0.2, 0) is 27.2 Å². The molecular formula is C31H29BrN2O6. The van der Waals surface area contributed by atoms with Gasteiger partial charge in [-0.25, -0.2) is 9.59 Å². The quantitative estimate of drug-likeness (QED) is 0.147. The maximum atomic E-state index is 13.4. The molecule has 4 aromatic rings. The third-order valence-corrected chi connectivity index (χ3v) is 6.97. The number of rotatable bonds is 9. The summed E-state index contributed by atoms with van der Waals surface area (Å²) in [7, 11) is 0. The van der Waals surface area contributed by atoms with E-state index < -0.39 is 22.2 Å². The van der Waals surface area contributed by atoms with Crippen LogP contribution in [0.3, 0.4) is 0 Å². The molecule has 1 atom stereocenters. The van der Waals surface area contributed by atoms with Gasteiger partial charge in [0.2, 0.25) is 0 Å². The fourth-order valence-electron chi connectivity index (χ4n) is 4.29. The van der Waals surface area contributed by atoms with E-state index in [2.05, 4.69) is 15.9 Å². The molecule has 0 saturated heterocycles. The zero-order valence-corrected chi connectivity index (χ0v) is 23.8. The lowest BCUT2D eigenvalue weighted by atomic mass is 10.0. The molecule has 4 rings (SSSR count). The first-order chi connectivity index (χ1) is 19.3. The average Bonchev–Trinajstić information content (AvgIpc) is 2.96. The molecule has 1 aromatic heterocycles. The summed E-state index contributed by atoms with van der Waals surface area (Å²) in [5.74, 6) is -0.289. The maximum absolute atomic E-state index is 13.4. The minimum Gasteiger partial charge on any atom is -0.465 e. The zero-order valence-electron chi connectivity index (χ0n) is 22.2. The van der Waals surface area contributed by atoms with E-state index in [1.165, 1.54) is 0 Å². The lowest BCUT2D eigenvalue weighted by molar-refractivity contribution is -0.142. The lowest BCUT2D eigenvalue weighted by Gasteiger charge is -2.14. The molecule has 0 radical (unpaired) electrons. The van der Waals surface area contributed by atoms with E-state index in [-0.39, 0.29) is 30.0 Å². The van der Waals surface area contributed by atoms with Crippen molar-refractivity contribution < 1.29 is 19.1 Å². The largest absolute Gasteiger partial charge is 0.465 e. The smallest absolute Gasteiger partial charge is 0.422 e. The molecule has 3 aromatic carbocycles. The lowest BCUT2D eigenvalue weighted by Crippen LogP contribution is -2.43. The molecule has 0 aliphatic heterocycles. The molecule has 0 aliphatic carbocycles. The molecule has 206 valence electrons. The van der Waals surface area contributed by atoms with E-state index in [1.54, 1.807) is 38.1 Å². The van der Waals surface area contributed by atoms with Crippen molar-refractivity contribution in [2.24, 2.45) is 0 Å². The second kappa shape index (κ2) is 13.2. The van der Waals surface area contributed by atoms with Crippen LogP contribution in [0.2, 0.25) is 0 Å². The van der Waals surface area contributed by atoms with Gasteiger partial charge in [-0.2, -0.15) is 4.57 Å². The number of alkyl halides is 1. The molecule has 0 spiro atoms. The number of hydrogen-bond acceptors (Lipinski definition) is 6. The van der Waals surface area contributed by atoms with Crippen LogP contribution in [0.4, 0.5) is 4.79 Å². The van der Waals surface area contributed by atoms with Gasteiger partial charge in [-0.3, -0.25) is 14.2 Å². The van der Waals surface area contributed by atoms with Crippen molar-refractivity contribution in [3.63, 3.8) is 0 Å². The number of carbonyl (C=O) groups excluding carboxylic acids is 2. The highest BCUT2D eigenvalue weighted by Gasteiger charge is 2.19. The Morgan fingerprint density at radius 3 is 2.27 bits per heavy atom. The number of esters is 1. The van der Waals surface area contributed by atoms with Crippen molar-refractivity contribution in [1.82, 2.24) is 9.13 Å². The number of para-hydroxylation sites is 1. The van der Waals surface area contributed by atoms with Crippen molar-refractivity contribution >= 4 is 51.0 Å². The summed E-state index contributed by atoms with van der Waals surface area (Å²) in [6.45, 7) is 3.83. The summed E-state index contributed by atoms with van der Waals surface area (Å²) in [6.07, 6.45) is 3.52. The van der Waals surface area contributed by atoms with Crippen LogP contribution in [-0.4, -0.2) is 39.2 Å². The number of halogens is 1. The Bertz CT molecular complexity index is 1670. The highest BCUT2D eigenvalue weighted by molar-refractivity contribution is 9.10. The number of carbonyl (C=O) groups is 2. The first-order valence-electron chi connectivity index (χ1n) is 12.9. The standard InChI is InChI=1S/C31H29BrN2O6/c1-3-39-29(36)26(32)19-22-15-13-21(14-16-22)17-18-23-9-5-6-10-24(23)20-33-28(35)25-11-7-8-12-27(25)34(30(33)37)31(38)40-4-2/h5-18,26H,3-4,19-20H2,1-2H3/b18-17+. The van der Waals surface area contributed by atoms with Crippen LogP contribution in [0, 0.1) is 0 Å². The number of benzene rings is 3. The molecule has 0 bridgehead atoms. The molecule has 0 N–H and O–H groups in total. The summed E-state index contributed by atoms with van der Waals surface area (Å²) in [6, 6.07) is 21.7. The summed E-state index contributed by atoms with van der Waals surface area (Å²) in [5.41, 5.74) is 2.44. The summed E-state index contributed by atoms with van der Waals surface area (Å²) >= 11 is 3.38. The van der Waals surface area contributed by atoms with Crippen molar-refractivity contribution in [2.45, 2.75) is 31.6 Å². The van der Waals surface area contributed by atoms with Crippen molar-refractivity contribution in [3.05, 3.63) is 116 Å². The Labute approximate surface area is 239 Å². The minimum atomic E-state index is -0.831. The maximum Gasteiger partial charge on any atom is 0.422 e. The summed E-state index contributed by atoms with van der Waals surface area (Å²) < 4.78 is 12.1. The number of hydrogen-bond donors (Lipinski definition) is 0. The van der Waals surface area contributed by atoms with E-state index in [9.17, 15) is 19.2 Å². The summed E-state index contributed by atoms with van der Waals surface area (Å²) in [4.78, 5) is 50.8. The fraction of sp³-hybridized carbons (Fsp3) is 0.226. The van der Waals surface area contributed by atoms with Crippen LogP contribution in [0.5, 0.6) is 0 Å². The van der Waals surface area contributed by atoms with Crippen molar-refractivity contribution in [2.75, 3.05) is 13.2 Å². The molecule has 9 heteroatoms. The van der Waals surface area contributed by atoms with Gasteiger partial charge >= 0.3 is 17.8 Å². The van der Waals surface area contributed by atoms with Crippen molar-refractivity contribution in [3.8, 4) is 0 Å². The molecule has 0 aliphatic rings. The van der Waals surface area contributed by atoms with Crippen LogP contribution in [0.1, 0.15) is 36.1 Å². The highest BCUT2D eigenvalue weighted by Crippen LogP contribution is 2.17. The third-order valence-electron chi connectivity index (χ3n) is 6.27. The van der Waals surface area contributed by atoms with E-state index in [4.69, 9.17) is 9.47 Å². The average molecular weight is 605 g/mol. The highest BCUT2D eigenvalue weighted by atomic mass is 79.9. The van der Waals surface area contributed by atoms with Gasteiger partial charge in [0.05, 0.1) is 30.7 Å². The Kier molecular flexibility index (Phi) is 9.50. The Balaban J connectivity index is 1.62. The molecule has 0 fully saturated rings. The normalized spacial score (nSPS) is 12.0. The van der Waals surface area contributed by atoms with Gasteiger partial charge in [0.1, 0.15) is 4.83 Å². The van der Waals surface area contributed by atoms with Gasteiger partial charge in [-0.05, 0) is 54.7 Å². The predicted molar refractivity (Wildman–Crippen MR) is 159 cm³/mol. The van der Waals surface area contributed by atoms with Crippen LogP contribution >= 0.6 is 15.9 Å². The van der Waals surface area contributed by atoms with Crippen LogP contribution in [0.15, 0.2) is 82.4 Å². The van der Waals surface area contributed by atoms with E-state index in [0.29, 0.717) is 13.0 Å². The van der Waals surface area contributed by atoms with E-state index >= 15 is 0 Å². The van der Waals surface area contributed by atoms with Crippen LogP contribution < -0.4 is 11.2 Å². The van der Waals surface area contributed by atoms with Gasteiger partial charge in [0.25, 0.3) is 5.56 Å². The Morgan fingerprint density at radius 1 is 0.875 bits per heavy atom. The molecule has 1 heterocycles. The van der Waals surface area contributed by atoms with Crippen molar-refractivity contribution in [1.29, 1.82) is 0 Å². The van der Waals surface area contributed by atoms with Gasteiger partial charge in [-0.1, -0.05) is 88.7 Å². The number of nitrogens with zero attached hydrogens (tertiary/aromatic N) is 2. The van der Waals surface area contributed by atoms with Gasteiger partial charge in [-0.15, -0.1) is 0 Å². The topological polar surface area (TPSA) is 96.6 Å². The minimum absolute atomic E-state index is 0.0259. The molecule has 1 unspecified atom stereocenters. The molecular weight excluding hydrogens is 576 g/mol. The van der Waals surface area contributed by atoms with Crippen LogP contribution in [0.25, 0.3) is 23.1 Å². The number of fused-ring (bicyclic) bond motifs is 1. The second-order valence-electron chi connectivity index (χ2n) is 8.92. The second-order valence-corrected chi connectivity index (χ2v) is 10.0. The SMILES string of the molecule is CCOC(=O)C(Br)Cc1ccc(/C=C/c2ccccc2Cn2c(=O)c3ccccc3n(C(=O)OCC)c2=O)cc1. The van der Waals surface area contributed by atoms with E-state index in [1.807, 2.05) is 60.7 Å². The monoisotopic (exact) mass is 604 g/mol. The molecule has 8 nitrogen and oxygen atoms in total. The Morgan fingerprint density at radius 2 is 1.55 bits per heavy atom. The Hall–Kier alpha value is -4.24. The van der Waals surface area contributed by atoms with Gasteiger partial charge < -0.3 is 9.47 Å². The summed E-state index contributed by atoms with van der Waals surface area (Å²) in [5, 5.41) is 0.247. The first kappa shape index (κ1) is 28.8. The predicted octanol–water partition coefficient (Wildman–Crippen LogP) is 5.26. The molecule has 0 saturated carbocycles. The fourth-order valence-corrected chi connectivity index (χ4v) is 4.80. The number of ether oxygens (including phenoxy) is 2. The molecule has 0 amide bonds. The molecule has 40 heavy (non-hydrogen) atoms. The first-order valence-corrected chi connectivity index (χ1v) is 13.8.